The molecule has 0 saturated heterocycles. The maximum Gasteiger partial charge on any atom is 0.309 e. The molecule has 0 aliphatic heterocycles. The van der Waals surface area contributed by atoms with Gasteiger partial charge in [0.25, 0.3) is 0 Å². The molecule has 0 N–H and O–H groups in total. The minimum atomic E-state index is -3.50. The fourth-order valence-corrected chi connectivity index (χ4v) is 3.10. The van der Waals surface area contributed by atoms with E-state index < -0.39 is 21.7 Å². The Hall–Kier alpha value is -1.56. The van der Waals surface area contributed by atoms with Crippen LogP contribution in [0.1, 0.15) is 13.8 Å². The van der Waals surface area contributed by atoms with E-state index in [1.165, 1.54) is 19.2 Å². The smallest absolute Gasteiger partial charge is 0.309 e. The lowest BCUT2D eigenvalue weighted by atomic mass is 10.2. The van der Waals surface area contributed by atoms with Crippen molar-refractivity contribution in [1.82, 2.24) is 0 Å². The lowest BCUT2D eigenvalue weighted by Crippen LogP contribution is -2.23. The van der Waals surface area contributed by atoms with Crippen molar-refractivity contribution in [3.63, 3.8) is 0 Å². The first-order chi connectivity index (χ1) is 8.90. The van der Waals surface area contributed by atoms with Gasteiger partial charge in [-0.3, -0.25) is 4.79 Å². The fourth-order valence-electron chi connectivity index (χ4n) is 1.56. The summed E-state index contributed by atoms with van der Waals surface area (Å²) >= 11 is 0. The summed E-state index contributed by atoms with van der Waals surface area (Å²) in [5.41, 5.74) is 0. The summed E-state index contributed by atoms with van der Waals surface area (Å²) in [4.78, 5) is 11.6. The van der Waals surface area contributed by atoms with Crippen molar-refractivity contribution in [3.05, 3.63) is 24.3 Å². The molecule has 106 valence electrons. The van der Waals surface area contributed by atoms with E-state index in [4.69, 9.17) is 9.47 Å². The summed E-state index contributed by atoms with van der Waals surface area (Å²) in [6.07, 6.45) is 0. The minimum absolute atomic E-state index is 0.171. The van der Waals surface area contributed by atoms with E-state index in [-0.39, 0.29) is 17.3 Å². The average Bonchev–Trinajstić information content (AvgIpc) is 2.38. The molecule has 0 aliphatic rings. The predicted molar refractivity (Wildman–Crippen MR) is 70.8 cm³/mol. The van der Waals surface area contributed by atoms with Crippen molar-refractivity contribution in [2.75, 3.05) is 19.5 Å². The second-order valence-electron chi connectivity index (χ2n) is 4.11. The maximum atomic E-state index is 12.1. The molecule has 0 bridgehead atoms. The fraction of sp³-hybridized carbons (Fsp3) is 0.462. The van der Waals surface area contributed by atoms with Gasteiger partial charge in [0.2, 0.25) is 0 Å². The number of sulfone groups is 1. The van der Waals surface area contributed by atoms with Crippen LogP contribution in [0.2, 0.25) is 0 Å². The van der Waals surface area contributed by atoms with Gasteiger partial charge >= 0.3 is 5.97 Å². The molecule has 1 unspecified atom stereocenters. The molecule has 1 aromatic carbocycles. The standard InChI is InChI=1S/C13H18O5S/c1-4-18-13(14)10(2)9-19(15,16)12-7-5-11(17-3)6-8-12/h5-8,10H,4,9H2,1-3H3. The summed E-state index contributed by atoms with van der Waals surface area (Å²) in [5.74, 6) is -0.873. The largest absolute Gasteiger partial charge is 0.497 e. The molecular weight excluding hydrogens is 268 g/mol. The van der Waals surface area contributed by atoms with Gasteiger partial charge in [-0.25, -0.2) is 8.42 Å². The van der Waals surface area contributed by atoms with Gasteiger partial charge in [0.1, 0.15) is 5.75 Å². The molecule has 19 heavy (non-hydrogen) atoms. The van der Waals surface area contributed by atoms with Crippen LogP contribution in [0.25, 0.3) is 0 Å². The molecular formula is C13H18O5S. The first-order valence-corrected chi connectivity index (χ1v) is 7.59. The summed E-state index contributed by atoms with van der Waals surface area (Å²) in [6.45, 7) is 3.47. The number of ether oxygens (including phenoxy) is 2. The maximum absolute atomic E-state index is 12.1. The van der Waals surface area contributed by atoms with Gasteiger partial charge in [-0.15, -0.1) is 0 Å². The highest BCUT2D eigenvalue weighted by Crippen LogP contribution is 2.18. The SMILES string of the molecule is CCOC(=O)C(C)CS(=O)(=O)c1ccc(OC)cc1. The van der Waals surface area contributed by atoms with E-state index in [2.05, 4.69) is 0 Å². The average molecular weight is 286 g/mol. The van der Waals surface area contributed by atoms with Gasteiger partial charge in [0.15, 0.2) is 9.84 Å². The molecule has 0 aromatic heterocycles. The first-order valence-electron chi connectivity index (χ1n) is 5.94. The molecule has 0 aliphatic carbocycles. The second kappa shape index (κ2) is 6.56. The molecule has 0 saturated carbocycles. The lowest BCUT2D eigenvalue weighted by Gasteiger charge is -2.11. The third-order valence-corrected chi connectivity index (χ3v) is 4.51. The van der Waals surface area contributed by atoms with Crippen LogP contribution < -0.4 is 4.74 Å². The Labute approximate surface area is 113 Å². The number of esters is 1. The number of carbonyl (C=O) groups is 1. The molecule has 6 heteroatoms. The summed E-state index contributed by atoms with van der Waals surface area (Å²) < 4.78 is 34.0. The van der Waals surface area contributed by atoms with Gasteiger partial charge in [-0.1, -0.05) is 6.92 Å². The van der Waals surface area contributed by atoms with Crippen LogP contribution in [0.3, 0.4) is 0 Å². The van der Waals surface area contributed by atoms with E-state index in [1.807, 2.05) is 0 Å². The molecule has 0 heterocycles. The van der Waals surface area contributed by atoms with E-state index >= 15 is 0 Å². The van der Waals surface area contributed by atoms with Gasteiger partial charge in [-0.2, -0.15) is 0 Å². The zero-order valence-corrected chi connectivity index (χ0v) is 12.1. The molecule has 0 amide bonds. The molecule has 1 aromatic rings. The first kappa shape index (κ1) is 15.5. The van der Waals surface area contributed by atoms with E-state index in [0.717, 1.165) is 0 Å². The van der Waals surface area contributed by atoms with Crippen LogP contribution >= 0.6 is 0 Å². The third-order valence-electron chi connectivity index (χ3n) is 2.58. The number of methoxy groups -OCH3 is 1. The van der Waals surface area contributed by atoms with Crippen molar-refractivity contribution in [3.8, 4) is 5.75 Å². The Balaban J connectivity index is 2.82. The molecule has 5 nitrogen and oxygen atoms in total. The minimum Gasteiger partial charge on any atom is -0.497 e. The van der Waals surface area contributed by atoms with Crippen molar-refractivity contribution in [2.24, 2.45) is 5.92 Å². The zero-order valence-electron chi connectivity index (χ0n) is 11.3. The van der Waals surface area contributed by atoms with Crippen LogP contribution in [0.15, 0.2) is 29.2 Å². The molecule has 0 spiro atoms. The van der Waals surface area contributed by atoms with Gasteiger partial charge in [0.05, 0.1) is 30.3 Å². The van der Waals surface area contributed by atoms with E-state index in [9.17, 15) is 13.2 Å². The molecule has 0 radical (unpaired) electrons. The van der Waals surface area contributed by atoms with Gasteiger partial charge in [0, 0.05) is 0 Å². The number of hydrogen-bond acceptors (Lipinski definition) is 5. The number of hydrogen-bond donors (Lipinski definition) is 0. The van der Waals surface area contributed by atoms with Gasteiger partial charge < -0.3 is 9.47 Å². The van der Waals surface area contributed by atoms with Crippen molar-refractivity contribution in [1.29, 1.82) is 0 Å². The van der Waals surface area contributed by atoms with E-state index in [1.54, 1.807) is 26.0 Å². The van der Waals surface area contributed by atoms with Crippen LogP contribution in [0.4, 0.5) is 0 Å². The summed E-state index contributed by atoms with van der Waals surface area (Å²) in [5, 5.41) is 0. The summed E-state index contributed by atoms with van der Waals surface area (Å²) in [7, 11) is -2.00. The Morgan fingerprint density at radius 2 is 1.84 bits per heavy atom. The van der Waals surface area contributed by atoms with Crippen molar-refractivity contribution in [2.45, 2.75) is 18.7 Å². The zero-order chi connectivity index (χ0) is 14.5. The topological polar surface area (TPSA) is 69.7 Å². The van der Waals surface area contributed by atoms with Crippen LogP contribution in [-0.4, -0.2) is 33.9 Å². The van der Waals surface area contributed by atoms with Crippen molar-refractivity contribution >= 4 is 15.8 Å². The Morgan fingerprint density at radius 1 is 1.26 bits per heavy atom. The highest BCUT2D eigenvalue weighted by Gasteiger charge is 2.24. The third kappa shape index (κ3) is 4.24. The Kier molecular flexibility index (Phi) is 5.35. The Bertz CT molecular complexity index is 518. The second-order valence-corrected chi connectivity index (χ2v) is 6.14. The summed E-state index contributed by atoms with van der Waals surface area (Å²) in [6, 6.07) is 6.07. The lowest BCUT2D eigenvalue weighted by molar-refractivity contribution is -0.146. The van der Waals surface area contributed by atoms with Crippen LogP contribution in [-0.2, 0) is 19.4 Å². The van der Waals surface area contributed by atoms with Gasteiger partial charge in [-0.05, 0) is 31.2 Å². The number of carbonyl (C=O) groups excluding carboxylic acids is 1. The van der Waals surface area contributed by atoms with E-state index in [0.29, 0.717) is 5.75 Å². The highest BCUT2D eigenvalue weighted by atomic mass is 32.2. The number of rotatable bonds is 6. The predicted octanol–water partition coefficient (Wildman–Crippen LogP) is 1.67. The molecule has 0 fully saturated rings. The molecule has 1 atom stereocenters. The van der Waals surface area contributed by atoms with Crippen LogP contribution in [0.5, 0.6) is 5.75 Å². The number of benzene rings is 1. The quantitative estimate of drug-likeness (QED) is 0.744. The normalized spacial score (nSPS) is 12.8. The highest BCUT2D eigenvalue weighted by molar-refractivity contribution is 7.91. The molecule has 1 rings (SSSR count). The monoisotopic (exact) mass is 286 g/mol. The van der Waals surface area contributed by atoms with Crippen LogP contribution in [0, 0.1) is 5.92 Å². The Morgan fingerprint density at radius 3 is 2.32 bits per heavy atom. The van der Waals surface area contributed by atoms with Crippen molar-refractivity contribution < 1.29 is 22.7 Å².